The van der Waals surface area contributed by atoms with Gasteiger partial charge in [0.2, 0.25) is 0 Å². The third kappa shape index (κ3) is 3.12. The van der Waals surface area contributed by atoms with Crippen LogP contribution in [-0.4, -0.2) is 28.5 Å². The summed E-state index contributed by atoms with van der Waals surface area (Å²) in [6.07, 6.45) is 3.54. The highest BCUT2D eigenvalue weighted by Gasteiger charge is 2.25. The normalized spacial score (nSPS) is 11.9. The van der Waals surface area contributed by atoms with Crippen LogP contribution in [0.25, 0.3) is 32.6 Å². The summed E-state index contributed by atoms with van der Waals surface area (Å²) in [5.74, 6) is 0.856. The number of fused-ring (bicyclic) bond motifs is 2. The molecule has 0 bridgehead atoms. The first-order valence-corrected chi connectivity index (χ1v) is 11.4. The third-order valence-corrected chi connectivity index (χ3v) is 6.70. The molecule has 0 saturated heterocycles. The summed E-state index contributed by atoms with van der Waals surface area (Å²) in [6, 6.07) is 8.24. The molecule has 0 atom stereocenters. The van der Waals surface area contributed by atoms with Crippen LogP contribution in [0.2, 0.25) is 0 Å². The molecule has 1 aromatic carbocycles. The lowest BCUT2D eigenvalue weighted by Crippen LogP contribution is -2.38. The molecule has 5 aromatic rings. The Labute approximate surface area is 188 Å². The second kappa shape index (κ2) is 7.59. The lowest BCUT2D eigenvalue weighted by Gasteiger charge is -2.11. The van der Waals surface area contributed by atoms with Crippen molar-refractivity contribution < 1.29 is 0 Å². The zero-order valence-corrected chi connectivity index (χ0v) is 19.3. The van der Waals surface area contributed by atoms with Gasteiger partial charge in [0.15, 0.2) is 11.5 Å². The Morgan fingerprint density at radius 3 is 2.62 bits per heavy atom. The summed E-state index contributed by atoms with van der Waals surface area (Å²) >= 11 is 1.68. The minimum Gasteiger partial charge on any atom is -0.333 e. The number of aromatic nitrogens is 6. The highest BCUT2D eigenvalue weighted by Crippen LogP contribution is 2.30. The number of hydrogen-bond acceptors (Lipinski definition) is 5. The molecule has 8 nitrogen and oxygen atoms in total. The number of thiophene rings is 1. The topological polar surface area (TPSA) is 79.6 Å². The van der Waals surface area contributed by atoms with E-state index >= 15 is 0 Å². The fourth-order valence-electron chi connectivity index (χ4n) is 4.14. The molecular weight excluding hydrogens is 424 g/mol. The minimum absolute atomic E-state index is 0.219. The molecule has 0 N–H and O–H groups in total. The maximum atomic E-state index is 13.3. The lowest BCUT2D eigenvalue weighted by molar-refractivity contribution is 0.498. The molecule has 0 aliphatic rings. The largest absolute Gasteiger partial charge is 0.333 e. The fourth-order valence-corrected chi connectivity index (χ4v) is 5.10. The summed E-state index contributed by atoms with van der Waals surface area (Å²) in [6.45, 7) is 5.02. The standard InChI is InChI=1S/C23H24N6O2S/c1-14(2)11-28-20-18(22(30)27(4)23(28)31)19(21-24-9-10-26(21)3)29(25-20)12-15-13-32-17-8-6-5-7-16(15)17/h5-10,13-14H,11-12H2,1-4H3. The van der Waals surface area contributed by atoms with Crippen molar-refractivity contribution in [2.75, 3.05) is 0 Å². The van der Waals surface area contributed by atoms with E-state index in [1.807, 2.05) is 48.5 Å². The molecule has 9 heteroatoms. The van der Waals surface area contributed by atoms with Gasteiger partial charge in [-0.05, 0) is 28.3 Å². The minimum atomic E-state index is -0.357. The molecule has 0 fully saturated rings. The van der Waals surface area contributed by atoms with Crippen LogP contribution in [0.3, 0.4) is 0 Å². The molecule has 0 aliphatic heterocycles. The van der Waals surface area contributed by atoms with Crippen molar-refractivity contribution in [3.63, 3.8) is 0 Å². The van der Waals surface area contributed by atoms with Gasteiger partial charge in [0.05, 0.1) is 6.54 Å². The number of rotatable bonds is 5. The zero-order valence-electron chi connectivity index (χ0n) is 18.4. The van der Waals surface area contributed by atoms with Gasteiger partial charge in [-0.25, -0.2) is 9.78 Å². The molecule has 5 rings (SSSR count). The molecule has 0 unspecified atom stereocenters. The summed E-state index contributed by atoms with van der Waals surface area (Å²) in [5.41, 5.74) is 1.44. The summed E-state index contributed by atoms with van der Waals surface area (Å²) in [7, 11) is 3.41. The highest BCUT2D eigenvalue weighted by atomic mass is 32.1. The SMILES string of the molecule is CC(C)Cn1c(=O)n(C)c(=O)c2c(-c3nccn3C)n(Cc3csc4ccccc34)nc21. The quantitative estimate of drug-likeness (QED) is 0.414. The van der Waals surface area contributed by atoms with E-state index in [1.165, 1.54) is 16.3 Å². The van der Waals surface area contributed by atoms with Gasteiger partial charge in [-0.15, -0.1) is 11.3 Å². The molecule has 4 aromatic heterocycles. The van der Waals surface area contributed by atoms with Crippen molar-refractivity contribution in [2.24, 2.45) is 20.0 Å². The average molecular weight is 449 g/mol. The van der Waals surface area contributed by atoms with Gasteiger partial charge >= 0.3 is 5.69 Å². The Morgan fingerprint density at radius 2 is 1.91 bits per heavy atom. The first-order valence-electron chi connectivity index (χ1n) is 10.5. The molecular formula is C23H24N6O2S. The Bertz CT molecular complexity index is 1580. The molecule has 4 heterocycles. The van der Waals surface area contributed by atoms with Crippen LogP contribution in [0.4, 0.5) is 0 Å². The lowest BCUT2D eigenvalue weighted by atomic mass is 10.2. The van der Waals surface area contributed by atoms with Crippen LogP contribution in [0.5, 0.6) is 0 Å². The van der Waals surface area contributed by atoms with E-state index in [9.17, 15) is 9.59 Å². The van der Waals surface area contributed by atoms with Crippen molar-refractivity contribution in [3.05, 3.63) is 68.4 Å². The van der Waals surface area contributed by atoms with Crippen molar-refractivity contribution in [1.82, 2.24) is 28.5 Å². The number of benzene rings is 1. The van der Waals surface area contributed by atoms with Crippen molar-refractivity contribution >= 4 is 32.5 Å². The van der Waals surface area contributed by atoms with Gasteiger partial charge in [-0.2, -0.15) is 5.10 Å². The molecule has 0 radical (unpaired) electrons. The van der Waals surface area contributed by atoms with Crippen LogP contribution < -0.4 is 11.2 Å². The first-order chi connectivity index (χ1) is 15.4. The monoisotopic (exact) mass is 448 g/mol. The Morgan fingerprint density at radius 1 is 1.12 bits per heavy atom. The Hall–Kier alpha value is -3.46. The maximum absolute atomic E-state index is 13.3. The van der Waals surface area contributed by atoms with E-state index in [-0.39, 0.29) is 17.2 Å². The van der Waals surface area contributed by atoms with E-state index < -0.39 is 0 Å². The van der Waals surface area contributed by atoms with Gasteiger partial charge in [0.1, 0.15) is 11.1 Å². The predicted octanol–water partition coefficient (Wildman–Crippen LogP) is 3.22. The molecule has 0 amide bonds. The second-order valence-corrected chi connectivity index (χ2v) is 9.39. The fraction of sp³-hybridized carbons (Fsp3) is 0.304. The molecule has 0 spiro atoms. The Kier molecular flexibility index (Phi) is 4.85. The maximum Gasteiger partial charge on any atom is 0.332 e. The van der Waals surface area contributed by atoms with Crippen LogP contribution in [0, 0.1) is 5.92 Å². The van der Waals surface area contributed by atoms with Crippen LogP contribution in [0.1, 0.15) is 19.4 Å². The van der Waals surface area contributed by atoms with E-state index in [4.69, 9.17) is 5.10 Å². The van der Waals surface area contributed by atoms with E-state index in [0.29, 0.717) is 35.6 Å². The van der Waals surface area contributed by atoms with Crippen LogP contribution in [0.15, 0.2) is 51.6 Å². The highest BCUT2D eigenvalue weighted by molar-refractivity contribution is 7.17. The first kappa shape index (κ1) is 20.4. The molecule has 0 aliphatic carbocycles. The van der Waals surface area contributed by atoms with Gasteiger partial charge in [0, 0.05) is 37.7 Å². The van der Waals surface area contributed by atoms with Crippen molar-refractivity contribution in [3.8, 4) is 11.5 Å². The smallest absolute Gasteiger partial charge is 0.332 e. The second-order valence-electron chi connectivity index (χ2n) is 8.47. The average Bonchev–Trinajstić information content (AvgIpc) is 3.47. The predicted molar refractivity (Wildman–Crippen MR) is 127 cm³/mol. The molecule has 0 saturated carbocycles. The van der Waals surface area contributed by atoms with Crippen molar-refractivity contribution in [2.45, 2.75) is 26.9 Å². The molecule has 164 valence electrons. The Balaban J connectivity index is 1.84. The van der Waals surface area contributed by atoms with Crippen LogP contribution in [-0.2, 0) is 27.2 Å². The number of hydrogen-bond donors (Lipinski definition) is 0. The van der Waals surface area contributed by atoms with E-state index in [1.54, 1.807) is 22.1 Å². The summed E-state index contributed by atoms with van der Waals surface area (Å²) in [4.78, 5) is 30.8. The summed E-state index contributed by atoms with van der Waals surface area (Å²) in [5, 5.41) is 8.53. The third-order valence-electron chi connectivity index (χ3n) is 5.69. The zero-order chi connectivity index (χ0) is 22.6. The number of aryl methyl sites for hydroxylation is 1. The van der Waals surface area contributed by atoms with Gasteiger partial charge < -0.3 is 4.57 Å². The van der Waals surface area contributed by atoms with Gasteiger partial charge in [0.25, 0.3) is 5.56 Å². The van der Waals surface area contributed by atoms with Crippen molar-refractivity contribution in [1.29, 1.82) is 0 Å². The van der Waals surface area contributed by atoms with E-state index in [2.05, 4.69) is 22.5 Å². The van der Waals surface area contributed by atoms with E-state index in [0.717, 1.165) is 10.9 Å². The van der Waals surface area contributed by atoms with Crippen LogP contribution >= 0.6 is 11.3 Å². The summed E-state index contributed by atoms with van der Waals surface area (Å²) < 4.78 is 7.67. The number of imidazole rings is 1. The molecule has 32 heavy (non-hydrogen) atoms. The van der Waals surface area contributed by atoms with Gasteiger partial charge in [-0.1, -0.05) is 32.0 Å². The number of nitrogens with zero attached hydrogens (tertiary/aromatic N) is 6. The van der Waals surface area contributed by atoms with Gasteiger partial charge in [-0.3, -0.25) is 18.6 Å².